The van der Waals surface area contributed by atoms with Gasteiger partial charge in [-0.3, -0.25) is 4.79 Å². The molecule has 3 aromatic rings. The Bertz CT molecular complexity index is 1260. The molecule has 0 aliphatic heterocycles. The Labute approximate surface area is 187 Å². The molecule has 1 aliphatic rings. The lowest BCUT2D eigenvalue weighted by molar-refractivity contribution is -0.125. The molecule has 4 rings (SSSR count). The SMILES string of the molecule is Cc1ccc(-c2cc(C(=O)OCC(=O)NC(C)(C#N)C3CC3)c3ccccc3n2)c(C)c1. The third kappa shape index (κ3) is 4.33. The molecule has 1 atom stereocenters. The second-order valence-electron chi connectivity index (χ2n) is 8.60. The van der Waals surface area contributed by atoms with E-state index in [1.807, 2.05) is 50.2 Å². The average Bonchev–Trinajstić information content (AvgIpc) is 3.63. The Morgan fingerprint density at radius 1 is 1.19 bits per heavy atom. The standard InChI is InChI=1S/C26H25N3O3/c1-16-8-11-19(17(2)12-16)23-13-21(20-6-4-5-7-22(20)28-23)25(31)32-14-24(30)29-26(3,15-27)18-9-10-18/h4-8,11-13,18H,9-10,14H2,1-3H3,(H,29,30). The lowest BCUT2D eigenvalue weighted by Gasteiger charge is -2.22. The number of pyridine rings is 1. The molecule has 0 saturated heterocycles. The van der Waals surface area contributed by atoms with Gasteiger partial charge >= 0.3 is 5.97 Å². The first kappa shape index (κ1) is 21.5. The van der Waals surface area contributed by atoms with Gasteiger partial charge in [-0.15, -0.1) is 0 Å². The van der Waals surface area contributed by atoms with E-state index in [-0.39, 0.29) is 5.92 Å². The molecule has 1 unspecified atom stereocenters. The van der Waals surface area contributed by atoms with Crippen LogP contribution in [0, 0.1) is 31.1 Å². The maximum atomic E-state index is 13.0. The molecule has 1 aliphatic carbocycles. The minimum atomic E-state index is -0.928. The number of rotatable bonds is 6. The van der Waals surface area contributed by atoms with Crippen molar-refractivity contribution in [1.82, 2.24) is 10.3 Å². The summed E-state index contributed by atoms with van der Waals surface area (Å²) < 4.78 is 5.34. The van der Waals surface area contributed by atoms with Crippen LogP contribution in [0.4, 0.5) is 0 Å². The second kappa shape index (κ2) is 8.43. The number of nitrogens with one attached hydrogen (secondary N) is 1. The third-order valence-electron chi connectivity index (χ3n) is 5.95. The van der Waals surface area contributed by atoms with Gasteiger partial charge in [-0.05, 0) is 57.2 Å². The number of nitrogens with zero attached hydrogens (tertiary/aromatic N) is 2. The van der Waals surface area contributed by atoms with Gasteiger partial charge in [0, 0.05) is 10.9 Å². The topological polar surface area (TPSA) is 92.1 Å². The highest BCUT2D eigenvalue weighted by Gasteiger charge is 2.43. The van der Waals surface area contributed by atoms with Crippen molar-refractivity contribution in [2.45, 2.75) is 39.2 Å². The van der Waals surface area contributed by atoms with Crippen molar-refractivity contribution in [2.24, 2.45) is 5.92 Å². The van der Waals surface area contributed by atoms with Crippen molar-refractivity contribution in [3.05, 3.63) is 65.2 Å². The van der Waals surface area contributed by atoms with Gasteiger partial charge in [0.1, 0.15) is 5.54 Å². The van der Waals surface area contributed by atoms with Crippen molar-refractivity contribution in [3.8, 4) is 17.3 Å². The second-order valence-corrected chi connectivity index (χ2v) is 8.60. The van der Waals surface area contributed by atoms with Gasteiger partial charge in [-0.25, -0.2) is 9.78 Å². The molecule has 1 heterocycles. The van der Waals surface area contributed by atoms with Crippen molar-refractivity contribution < 1.29 is 14.3 Å². The summed E-state index contributed by atoms with van der Waals surface area (Å²) in [5, 5.41) is 12.8. The van der Waals surface area contributed by atoms with Crippen LogP contribution in [-0.4, -0.2) is 29.0 Å². The number of hydrogen-bond acceptors (Lipinski definition) is 5. The maximum Gasteiger partial charge on any atom is 0.339 e. The molecule has 2 aromatic carbocycles. The molecule has 162 valence electrons. The number of amides is 1. The van der Waals surface area contributed by atoms with E-state index in [2.05, 4.69) is 17.5 Å². The van der Waals surface area contributed by atoms with Gasteiger partial charge in [-0.1, -0.05) is 42.0 Å². The summed E-state index contributed by atoms with van der Waals surface area (Å²) in [5.41, 5.74) is 3.90. The fourth-order valence-corrected chi connectivity index (χ4v) is 4.00. The molecule has 0 spiro atoms. The normalized spacial score (nSPS) is 14.9. The Balaban J connectivity index is 1.59. The molecule has 1 N–H and O–H groups in total. The summed E-state index contributed by atoms with van der Waals surface area (Å²) >= 11 is 0. The van der Waals surface area contributed by atoms with Crippen LogP contribution in [0.25, 0.3) is 22.2 Å². The van der Waals surface area contributed by atoms with Gasteiger partial charge in [-0.2, -0.15) is 5.26 Å². The number of fused-ring (bicyclic) bond motifs is 1. The number of carbonyl (C=O) groups is 2. The third-order valence-corrected chi connectivity index (χ3v) is 5.95. The van der Waals surface area contributed by atoms with Crippen LogP contribution in [0.15, 0.2) is 48.5 Å². The summed E-state index contributed by atoms with van der Waals surface area (Å²) in [6.07, 6.45) is 1.82. The van der Waals surface area contributed by atoms with Crippen molar-refractivity contribution in [3.63, 3.8) is 0 Å². The number of aryl methyl sites for hydroxylation is 2. The molecule has 6 nitrogen and oxygen atoms in total. The van der Waals surface area contributed by atoms with Crippen molar-refractivity contribution in [2.75, 3.05) is 6.61 Å². The summed E-state index contributed by atoms with van der Waals surface area (Å²) in [6.45, 7) is 5.29. The summed E-state index contributed by atoms with van der Waals surface area (Å²) in [7, 11) is 0. The van der Waals surface area contributed by atoms with E-state index in [0.29, 0.717) is 22.2 Å². The number of hydrogen-bond donors (Lipinski definition) is 1. The van der Waals surface area contributed by atoms with E-state index in [4.69, 9.17) is 9.72 Å². The quantitative estimate of drug-likeness (QED) is 0.586. The molecule has 0 bridgehead atoms. The van der Waals surface area contributed by atoms with Crippen LogP contribution in [0.2, 0.25) is 0 Å². The van der Waals surface area contributed by atoms with Crippen LogP contribution in [-0.2, 0) is 9.53 Å². The molecule has 32 heavy (non-hydrogen) atoms. The smallest absolute Gasteiger partial charge is 0.339 e. The number of esters is 1. The van der Waals surface area contributed by atoms with E-state index in [1.54, 1.807) is 13.0 Å². The summed E-state index contributed by atoms with van der Waals surface area (Å²) in [6, 6.07) is 17.3. The zero-order valence-electron chi connectivity index (χ0n) is 18.4. The van der Waals surface area contributed by atoms with Gasteiger partial charge in [0.15, 0.2) is 6.61 Å². The zero-order valence-corrected chi connectivity index (χ0v) is 18.4. The van der Waals surface area contributed by atoms with E-state index in [0.717, 1.165) is 29.5 Å². The molecule has 6 heteroatoms. The largest absolute Gasteiger partial charge is 0.452 e. The number of nitriles is 1. The molecule has 1 aromatic heterocycles. The highest BCUT2D eigenvalue weighted by Crippen LogP contribution is 2.39. The van der Waals surface area contributed by atoms with Gasteiger partial charge in [0.2, 0.25) is 0 Å². The van der Waals surface area contributed by atoms with Crippen LogP contribution >= 0.6 is 0 Å². The van der Waals surface area contributed by atoms with Gasteiger partial charge < -0.3 is 10.1 Å². The van der Waals surface area contributed by atoms with Gasteiger partial charge in [0.05, 0.1) is 22.8 Å². The lowest BCUT2D eigenvalue weighted by atomic mass is 9.98. The maximum absolute atomic E-state index is 13.0. The number of carbonyl (C=O) groups excluding carboxylic acids is 2. The molecule has 0 radical (unpaired) electrons. The Hall–Kier alpha value is -3.72. The molecular formula is C26H25N3O3. The van der Waals surface area contributed by atoms with Crippen LogP contribution < -0.4 is 5.32 Å². The fourth-order valence-electron chi connectivity index (χ4n) is 4.00. The van der Waals surface area contributed by atoms with Gasteiger partial charge in [0.25, 0.3) is 5.91 Å². The number of benzene rings is 2. The van der Waals surface area contributed by atoms with E-state index in [1.165, 1.54) is 0 Å². The van der Waals surface area contributed by atoms with Crippen molar-refractivity contribution in [1.29, 1.82) is 5.26 Å². The number of para-hydroxylation sites is 1. The Morgan fingerprint density at radius 3 is 2.62 bits per heavy atom. The van der Waals surface area contributed by atoms with Crippen LogP contribution in [0.1, 0.15) is 41.3 Å². The average molecular weight is 428 g/mol. The highest BCUT2D eigenvalue weighted by molar-refractivity contribution is 6.05. The van der Waals surface area contributed by atoms with E-state index < -0.39 is 24.0 Å². The van der Waals surface area contributed by atoms with Crippen LogP contribution in [0.3, 0.4) is 0 Å². The Morgan fingerprint density at radius 2 is 1.94 bits per heavy atom. The molecule has 1 saturated carbocycles. The molecule has 1 fully saturated rings. The first-order valence-electron chi connectivity index (χ1n) is 10.7. The van der Waals surface area contributed by atoms with Crippen LogP contribution in [0.5, 0.6) is 0 Å². The predicted octanol–water partition coefficient (Wildman–Crippen LogP) is 4.48. The predicted molar refractivity (Wildman–Crippen MR) is 122 cm³/mol. The highest BCUT2D eigenvalue weighted by atomic mass is 16.5. The first-order valence-corrected chi connectivity index (χ1v) is 10.7. The monoisotopic (exact) mass is 427 g/mol. The summed E-state index contributed by atoms with van der Waals surface area (Å²) in [5.74, 6) is -0.936. The lowest BCUT2D eigenvalue weighted by Crippen LogP contribution is -2.48. The zero-order chi connectivity index (χ0) is 22.9. The molecule has 1 amide bonds. The Kier molecular flexibility index (Phi) is 5.67. The summed E-state index contributed by atoms with van der Waals surface area (Å²) in [4.78, 5) is 30.1. The van der Waals surface area contributed by atoms with E-state index >= 15 is 0 Å². The first-order chi connectivity index (χ1) is 15.3. The number of aromatic nitrogens is 1. The minimum Gasteiger partial charge on any atom is -0.452 e. The molecular weight excluding hydrogens is 402 g/mol. The van der Waals surface area contributed by atoms with E-state index in [9.17, 15) is 14.9 Å². The van der Waals surface area contributed by atoms with Crippen molar-refractivity contribution >= 4 is 22.8 Å². The fraction of sp³-hybridized carbons (Fsp3) is 0.308. The minimum absolute atomic E-state index is 0.150. The number of ether oxygens (including phenoxy) is 1.